The van der Waals surface area contributed by atoms with E-state index in [1.54, 1.807) is 19.2 Å². The van der Waals surface area contributed by atoms with Crippen LogP contribution < -0.4 is 10.5 Å². The summed E-state index contributed by atoms with van der Waals surface area (Å²) in [5, 5.41) is 7.96. The number of carbonyl (C=O) groups excluding carboxylic acids is 1. The lowest BCUT2D eigenvalue weighted by Crippen LogP contribution is -2.49. The standard InChI is InChI=1S/C23H30N4O2/c1-16(24)21-18(25)9-6-10-19(21)29-15-17-8-7-13-27(14-17)22(28)23(2,3)20-11-4-5-12-26-20/h4-6,9-12,17,24H,7-8,13-15,25H2,1-3H3. The van der Waals surface area contributed by atoms with Crippen molar-refractivity contribution in [1.29, 1.82) is 5.41 Å². The van der Waals surface area contributed by atoms with Crippen molar-refractivity contribution in [2.45, 2.75) is 39.0 Å². The summed E-state index contributed by atoms with van der Waals surface area (Å²) < 4.78 is 6.05. The van der Waals surface area contributed by atoms with Crippen LogP contribution in [0.1, 0.15) is 44.9 Å². The number of pyridine rings is 1. The number of piperidine rings is 1. The van der Waals surface area contributed by atoms with Gasteiger partial charge in [-0.3, -0.25) is 9.78 Å². The molecule has 1 amide bonds. The number of anilines is 1. The van der Waals surface area contributed by atoms with Crippen LogP contribution in [0, 0.1) is 11.3 Å². The van der Waals surface area contributed by atoms with Gasteiger partial charge in [0, 0.05) is 36.6 Å². The Bertz CT molecular complexity index is 880. The van der Waals surface area contributed by atoms with Crippen molar-refractivity contribution < 1.29 is 9.53 Å². The number of nitrogens with one attached hydrogen (secondary N) is 1. The van der Waals surface area contributed by atoms with Crippen LogP contribution in [0.25, 0.3) is 0 Å². The Kier molecular flexibility index (Phi) is 6.20. The van der Waals surface area contributed by atoms with Gasteiger partial charge in [-0.2, -0.15) is 0 Å². The van der Waals surface area contributed by atoms with Crippen LogP contribution in [-0.4, -0.2) is 41.2 Å². The minimum atomic E-state index is -0.664. The predicted octanol–water partition coefficient (Wildman–Crippen LogP) is 3.65. The second-order valence-electron chi connectivity index (χ2n) is 8.26. The van der Waals surface area contributed by atoms with Crippen LogP contribution in [0.15, 0.2) is 42.6 Å². The van der Waals surface area contributed by atoms with Gasteiger partial charge in [0.1, 0.15) is 5.75 Å². The lowest BCUT2D eigenvalue weighted by molar-refractivity contribution is -0.138. The van der Waals surface area contributed by atoms with Gasteiger partial charge in [0.25, 0.3) is 0 Å². The van der Waals surface area contributed by atoms with Crippen molar-refractivity contribution >= 4 is 17.3 Å². The average molecular weight is 395 g/mol. The van der Waals surface area contributed by atoms with Gasteiger partial charge in [0.2, 0.25) is 5.91 Å². The largest absolute Gasteiger partial charge is 0.492 e. The molecule has 0 radical (unpaired) electrons. The summed E-state index contributed by atoms with van der Waals surface area (Å²) in [5.41, 5.74) is 7.72. The maximum absolute atomic E-state index is 13.2. The summed E-state index contributed by atoms with van der Waals surface area (Å²) in [4.78, 5) is 19.6. The van der Waals surface area contributed by atoms with Crippen molar-refractivity contribution in [2.75, 3.05) is 25.4 Å². The molecule has 6 nitrogen and oxygen atoms in total. The predicted molar refractivity (Wildman–Crippen MR) is 115 cm³/mol. The Morgan fingerprint density at radius 3 is 2.79 bits per heavy atom. The number of nitrogens with zero attached hydrogens (tertiary/aromatic N) is 2. The molecule has 0 bridgehead atoms. The SMILES string of the molecule is CC(=N)c1c(N)cccc1OCC1CCCN(C(=O)C(C)(C)c2ccccn2)C1. The van der Waals surface area contributed by atoms with E-state index >= 15 is 0 Å². The molecule has 0 aliphatic carbocycles. The number of ether oxygens (including phenoxy) is 1. The average Bonchev–Trinajstić information content (AvgIpc) is 2.72. The van der Waals surface area contributed by atoms with Crippen molar-refractivity contribution in [3.8, 4) is 5.75 Å². The molecule has 1 aliphatic rings. The Hall–Kier alpha value is -2.89. The third-order valence-corrected chi connectivity index (χ3v) is 5.55. The summed E-state index contributed by atoms with van der Waals surface area (Å²) >= 11 is 0. The number of nitrogens with two attached hydrogens (primary N) is 1. The highest BCUT2D eigenvalue weighted by atomic mass is 16.5. The first-order valence-electron chi connectivity index (χ1n) is 10.1. The number of nitrogen functional groups attached to an aromatic ring is 1. The smallest absolute Gasteiger partial charge is 0.234 e. The Labute approximate surface area is 172 Å². The van der Waals surface area contributed by atoms with E-state index in [9.17, 15) is 4.79 Å². The van der Waals surface area contributed by atoms with Gasteiger partial charge < -0.3 is 20.8 Å². The molecule has 0 spiro atoms. The monoisotopic (exact) mass is 394 g/mol. The molecular weight excluding hydrogens is 364 g/mol. The van der Waals surface area contributed by atoms with E-state index in [-0.39, 0.29) is 11.8 Å². The molecule has 2 aromatic rings. The van der Waals surface area contributed by atoms with E-state index in [0.717, 1.165) is 25.1 Å². The van der Waals surface area contributed by atoms with Crippen LogP contribution in [0.3, 0.4) is 0 Å². The van der Waals surface area contributed by atoms with Crippen molar-refractivity contribution in [1.82, 2.24) is 9.88 Å². The van der Waals surface area contributed by atoms with E-state index in [2.05, 4.69) is 4.98 Å². The molecule has 3 N–H and O–H groups in total. The molecular formula is C23H30N4O2. The number of hydrogen-bond donors (Lipinski definition) is 2. The van der Waals surface area contributed by atoms with Crippen molar-refractivity contribution in [2.24, 2.45) is 5.92 Å². The van der Waals surface area contributed by atoms with Crippen LogP contribution in [0.2, 0.25) is 0 Å². The molecule has 29 heavy (non-hydrogen) atoms. The Balaban J connectivity index is 1.67. The third kappa shape index (κ3) is 4.58. The first kappa shape index (κ1) is 20.8. The maximum Gasteiger partial charge on any atom is 0.234 e. The zero-order valence-corrected chi connectivity index (χ0v) is 17.4. The topological polar surface area (TPSA) is 92.3 Å². The molecule has 0 saturated carbocycles. The molecule has 1 fully saturated rings. The molecule has 1 atom stereocenters. The van der Waals surface area contributed by atoms with Crippen LogP contribution >= 0.6 is 0 Å². The van der Waals surface area contributed by atoms with Gasteiger partial charge in [-0.1, -0.05) is 12.1 Å². The number of benzene rings is 1. The van der Waals surface area contributed by atoms with Crippen molar-refractivity contribution in [3.05, 3.63) is 53.9 Å². The molecule has 1 unspecified atom stereocenters. The Morgan fingerprint density at radius 2 is 2.10 bits per heavy atom. The quantitative estimate of drug-likeness (QED) is 0.578. The summed E-state index contributed by atoms with van der Waals surface area (Å²) in [7, 11) is 0. The fraction of sp³-hybridized carbons (Fsp3) is 0.435. The summed E-state index contributed by atoms with van der Waals surface area (Å²) in [6.07, 6.45) is 3.69. The van der Waals surface area contributed by atoms with Gasteiger partial charge >= 0.3 is 0 Å². The molecule has 1 saturated heterocycles. The normalized spacial score (nSPS) is 17.1. The second kappa shape index (κ2) is 8.64. The third-order valence-electron chi connectivity index (χ3n) is 5.55. The summed E-state index contributed by atoms with van der Waals surface area (Å²) in [5.74, 6) is 0.975. The summed E-state index contributed by atoms with van der Waals surface area (Å²) in [6.45, 7) is 7.50. The number of aromatic nitrogens is 1. The molecule has 1 aliphatic heterocycles. The lowest BCUT2D eigenvalue weighted by Gasteiger charge is -2.37. The summed E-state index contributed by atoms with van der Waals surface area (Å²) in [6, 6.07) is 11.1. The van der Waals surface area contributed by atoms with E-state index < -0.39 is 5.41 Å². The van der Waals surface area contributed by atoms with Gasteiger partial charge in [-0.15, -0.1) is 0 Å². The number of carbonyl (C=O) groups is 1. The van der Waals surface area contributed by atoms with E-state index in [1.807, 2.05) is 49.1 Å². The molecule has 1 aromatic heterocycles. The zero-order chi connectivity index (χ0) is 21.0. The lowest BCUT2D eigenvalue weighted by atomic mass is 9.85. The van der Waals surface area contributed by atoms with Gasteiger partial charge in [0.05, 0.1) is 23.3 Å². The zero-order valence-electron chi connectivity index (χ0n) is 17.4. The Morgan fingerprint density at radius 1 is 1.31 bits per heavy atom. The van der Waals surface area contributed by atoms with E-state index in [0.29, 0.717) is 35.9 Å². The first-order valence-corrected chi connectivity index (χ1v) is 10.1. The molecule has 2 heterocycles. The number of hydrogen-bond acceptors (Lipinski definition) is 5. The second-order valence-corrected chi connectivity index (χ2v) is 8.26. The highest BCUT2D eigenvalue weighted by Gasteiger charge is 2.37. The van der Waals surface area contributed by atoms with Crippen molar-refractivity contribution in [3.63, 3.8) is 0 Å². The molecule has 154 valence electrons. The van der Waals surface area contributed by atoms with Crippen LogP contribution in [0.4, 0.5) is 5.69 Å². The van der Waals surface area contributed by atoms with E-state index in [1.165, 1.54) is 0 Å². The fourth-order valence-corrected chi connectivity index (χ4v) is 3.90. The minimum absolute atomic E-state index is 0.0980. The fourth-order valence-electron chi connectivity index (χ4n) is 3.90. The highest BCUT2D eigenvalue weighted by Crippen LogP contribution is 2.29. The first-order chi connectivity index (χ1) is 13.8. The molecule has 3 rings (SSSR count). The minimum Gasteiger partial charge on any atom is -0.492 e. The van der Waals surface area contributed by atoms with E-state index in [4.69, 9.17) is 15.9 Å². The molecule has 1 aromatic carbocycles. The number of amides is 1. The van der Waals surface area contributed by atoms with Crippen LogP contribution in [0.5, 0.6) is 5.75 Å². The van der Waals surface area contributed by atoms with Gasteiger partial charge in [-0.25, -0.2) is 0 Å². The van der Waals surface area contributed by atoms with Gasteiger partial charge in [-0.05, 0) is 57.9 Å². The molecule has 6 heteroatoms. The highest BCUT2D eigenvalue weighted by molar-refractivity contribution is 6.03. The number of rotatable bonds is 6. The van der Waals surface area contributed by atoms with Gasteiger partial charge in [0.15, 0.2) is 0 Å². The maximum atomic E-state index is 13.2. The van der Waals surface area contributed by atoms with Crippen LogP contribution in [-0.2, 0) is 10.2 Å². The number of likely N-dealkylation sites (tertiary alicyclic amines) is 1.